The van der Waals surface area contributed by atoms with E-state index in [2.05, 4.69) is 19.2 Å². The summed E-state index contributed by atoms with van der Waals surface area (Å²) in [5.74, 6) is 0.616. The summed E-state index contributed by atoms with van der Waals surface area (Å²) in [5.41, 5.74) is 0. The van der Waals surface area contributed by atoms with Crippen molar-refractivity contribution in [3.8, 4) is 0 Å². The molecule has 3 heteroatoms. The van der Waals surface area contributed by atoms with Gasteiger partial charge in [0.25, 0.3) is 0 Å². The molecule has 1 aliphatic rings. The molecule has 15 heavy (non-hydrogen) atoms. The minimum absolute atomic E-state index is 0.449. The lowest BCUT2D eigenvalue weighted by molar-refractivity contribution is 0.00153. The lowest BCUT2D eigenvalue weighted by atomic mass is 10.2. The Kier molecular flexibility index (Phi) is 6.22. The van der Waals surface area contributed by atoms with Gasteiger partial charge in [0.15, 0.2) is 0 Å². The monoisotopic (exact) mass is 215 g/mol. The highest BCUT2D eigenvalue weighted by Gasteiger charge is 2.23. The molecule has 2 unspecified atom stereocenters. The van der Waals surface area contributed by atoms with Crippen molar-refractivity contribution in [3.63, 3.8) is 0 Å². The molecule has 1 aliphatic carbocycles. The molecule has 2 atom stereocenters. The first-order valence-corrected chi connectivity index (χ1v) is 6.09. The SMILES string of the molecule is CNC1CCC(OCCOCC(C)C)C1. The van der Waals surface area contributed by atoms with E-state index < -0.39 is 0 Å². The van der Waals surface area contributed by atoms with Crippen LogP contribution in [0.1, 0.15) is 33.1 Å². The van der Waals surface area contributed by atoms with Gasteiger partial charge in [-0.2, -0.15) is 0 Å². The molecule has 0 saturated heterocycles. The van der Waals surface area contributed by atoms with Gasteiger partial charge in [-0.15, -0.1) is 0 Å². The van der Waals surface area contributed by atoms with Gasteiger partial charge >= 0.3 is 0 Å². The molecule has 0 aromatic rings. The van der Waals surface area contributed by atoms with Crippen molar-refractivity contribution in [2.75, 3.05) is 26.9 Å². The van der Waals surface area contributed by atoms with E-state index in [1.165, 1.54) is 12.8 Å². The van der Waals surface area contributed by atoms with Crippen LogP contribution in [-0.4, -0.2) is 39.0 Å². The molecule has 0 amide bonds. The van der Waals surface area contributed by atoms with Crippen LogP contribution in [0.4, 0.5) is 0 Å². The average molecular weight is 215 g/mol. The molecular weight excluding hydrogens is 190 g/mol. The summed E-state index contributed by atoms with van der Waals surface area (Å²) in [6.07, 6.45) is 4.04. The third kappa shape index (κ3) is 5.50. The van der Waals surface area contributed by atoms with E-state index >= 15 is 0 Å². The van der Waals surface area contributed by atoms with E-state index in [4.69, 9.17) is 9.47 Å². The molecule has 0 aliphatic heterocycles. The quantitative estimate of drug-likeness (QED) is 0.657. The Morgan fingerprint density at radius 3 is 2.67 bits per heavy atom. The minimum atomic E-state index is 0.449. The summed E-state index contributed by atoms with van der Waals surface area (Å²) in [6.45, 7) is 6.64. The second kappa shape index (κ2) is 7.20. The van der Waals surface area contributed by atoms with Crippen molar-refractivity contribution < 1.29 is 9.47 Å². The van der Waals surface area contributed by atoms with Crippen molar-refractivity contribution in [1.29, 1.82) is 0 Å². The van der Waals surface area contributed by atoms with Gasteiger partial charge in [0.05, 0.1) is 19.3 Å². The van der Waals surface area contributed by atoms with Crippen LogP contribution >= 0.6 is 0 Å². The molecule has 0 aromatic heterocycles. The highest BCUT2D eigenvalue weighted by Crippen LogP contribution is 2.21. The summed E-state index contributed by atoms with van der Waals surface area (Å²) in [6, 6.07) is 0.659. The molecule has 90 valence electrons. The number of ether oxygens (including phenoxy) is 2. The highest BCUT2D eigenvalue weighted by atomic mass is 16.5. The first-order chi connectivity index (χ1) is 7.22. The number of nitrogens with one attached hydrogen (secondary N) is 1. The molecule has 1 N–H and O–H groups in total. The second-order valence-electron chi connectivity index (χ2n) is 4.76. The molecule has 0 bridgehead atoms. The van der Waals surface area contributed by atoms with Crippen LogP contribution < -0.4 is 5.32 Å². The highest BCUT2D eigenvalue weighted by molar-refractivity contribution is 4.79. The fraction of sp³-hybridized carbons (Fsp3) is 1.00. The van der Waals surface area contributed by atoms with E-state index in [9.17, 15) is 0 Å². The van der Waals surface area contributed by atoms with Gasteiger partial charge in [-0.1, -0.05) is 13.8 Å². The van der Waals surface area contributed by atoms with E-state index in [1.54, 1.807) is 0 Å². The van der Waals surface area contributed by atoms with Crippen molar-refractivity contribution >= 4 is 0 Å². The summed E-state index contributed by atoms with van der Waals surface area (Å²) in [7, 11) is 2.03. The van der Waals surface area contributed by atoms with Gasteiger partial charge in [0.2, 0.25) is 0 Å². The van der Waals surface area contributed by atoms with Crippen LogP contribution in [0, 0.1) is 5.92 Å². The maximum Gasteiger partial charge on any atom is 0.0704 e. The van der Waals surface area contributed by atoms with Crippen molar-refractivity contribution in [1.82, 2.24) is 5.32 Å². The summed E-state index contributed by atoms with van der Waals surface area (Å²) in [5, 5.41) is 3.30. The Labute approximate surface area is 93.5 Å². The second-order valence-corrected chi connectivity index (χ2v) is 4.76. The number of hydrogen-bond acceptors (Lipinski definition) is 3. The lowest BCUT2D eigenvalue weighted by Gasteiger charge is -2.13. The Morgan fingerprint density at radius 2 is 2.07 bits per heavy atom. The Hall–Kier alpha value is -0.120. The van der Waals surface area contributed by atoms with Crippen LogP contribution in [0.5, 0.6) is 0 Å². The zero-order valence-electron chi connectivity index (χ0n) is 10.3. The zero-order chi connectivity index (χ0) is 11.1. The number of hydrogen-bond donors (Lipinski definition) is 1. The fourth-order valence-electron chi connectivity index (χ4n) is 1.95. The molecule has 0 radical (unpaired) electrons. The summed E-state index contributed by atoms with van der Waals surface area (Å²) in [4.78, 5) is 0. The van der Waals surface area contributed by atoms with Gasteiger partial charge < -0.3 is 14.8 Å². The molecule has 0 aromatic carbocycles. The molecule has 1 saturated carbocycles. The maximum atomic E-state index is 5.75. The average Bonchev–Trinajstić information content (AvgIpc) is 2.65. The topological polar surface area (TPSA) is 30.5 Å². The smallest absolute Gasteiger partial charge is 0.0704 e. The predicted molar refractivity (Wildman–Crippen MR) is 62.1 cm³/mol. The molecule has 1 rings (SSSR count). The Bertz CT molecular complexity index is 162. The van der Waals surface area contributed by atoms with Crippen molar-refractivity contribution in [2.45, 2.75) is 45.3 Å². The van der Waals surface area contributed by atoms with Gasteiger partial charge in [-0.3, -0.25) is 0 Å². The Balaban J connectivity index is 1.92. The third-order valence-electron chi connectivity index (χ3n) is 2.83. The van der Waals surface area contributed by atoms with E-state index in [1.807, 2.05) is 7.05 Å². The largest absolute Gasteiger partial charge is 0.379 e. The summed E-state index contributed by atoms with van der Waals surface area (Å²) >= 11 is 0. The number of rotatable bonds is 7. The zero-order valence-corrected chi connectivity index (χ0v) is 10.3. The van der Waals surface area contributed by atoms with Crippen LogP contribution in [0.2, 0.25) is 0 Å². The van der Waals surface area contributed by atoms with Gasteiger partial charge in [0.1, 0.15) is 0 Å². The van der Waals surface area contributed by atoms with Crippen LogP contribution in [0.15, 0.2) is 0 Å². The molecule has 0 heterocycles. The maximum absolute atomic E-state index is 5.75. The van der Waals surface area contributed by atoms with Gasteiger partial charge in [0, 0.05) is 12.6 Å². The standard InChI is InChI=1S/C12H25NO2/c1-10(2)9-14-6-7-15-12-5-4-11(8-12)13-3/h10-13H,4-9H2,1-3H3. The van der Waals surface area contributed by atoms with Crippen molar-refractivity contribution in [2.24, 2.45) is 5.92 Å². The van der Waals surface area contributed by atoms with Gasteiger partial charge in [-0.25, -0.2) is 0 Å². The van der Waals surface area contributed by atoms with Gasteiger partial charge in [-0.05, 0) is 32.2 Å². The molecule has 0 spiro atoms. The first-order valence-electron chi connectivity index (χ1n) is 6.09. The van der Waals surface area contributed by atoms with E-state index in [0.29, 0.717) is 18.1 Å². The molecular formula is C12H25NO2. The first kappa shape index (κ1) is 12.9. The fourth-order valence-corrected chi connectivity index (χ4v) is 1.95. The van der Waals surface area contributed by atoms with Crippen LogP contribution in [0.3, 0.4) is 0 Å². The normalized spacial score (nSPS) is 26.4. The molecule has 1 fully saturated rings. The predicted octanol–water partition coefficient (Wildman–Crippen LogP) is 1.82. The lowest BCUT2D eigenvalue weighted by Crippen LogP contribution is -2.23. The van der Waals surface area contributed by atoms with E-state index in [-0.39, 0.29) is 0 Å². The molecule has 3 nitrogen and oxygen atoms in total. The summed E-state index contributed by atoms with van der Waals surface area (Å²) < 4.78 is 11.2. The van der Waals surface area contributed by atoms with Crippen LogP contribution in [0.25, 0.3) is 0 Å². The van der Waals surface area contributed by atoms with E-state index in [0.717, 1.165) is 26.2 Å². The Morgan fingerprint density at radius 1 is 1.27 bits per heavy atom. The van der Waals surface area contributed by atoms with Crippen LogP contribution in [-0.2, 0) is 9.47 Å². The van der Waals surface area contributed by atoms with Crippen molar-refractivity contribution in [3.05, 3.63) is 0 Å². The third-order valence-corrected chi connectivity index (χ3v) is 2.83. The minimum Gasteiger partial charge on any atom is -0.379 e.